The number of halogens is 1. The van der Waals surface area contributed by atoms with Gasteiger partial charge in [0.2, 0.25) is 0 Å². The first-order chi connectivity index (χ1) is 8.74. The lowest BCUT2D eigenvalue weighted by molar-refractivity contribution is -0.0597. The van der Waals surface area contributed by atoms with Crippen molar-refractivity contribution in [1.82, 2.24) is 4.90 Å². The number of benzene rings is 1. The third-order valence-electron chi connectivity index (χ3n) is 4.07. The van der Waals surface area contributed by atoms with E-state index in [-0.39, 0.29) is 18.0 Å². The van der Waals surface area contributed by atoms with Crippen molar-refractivity contribution in [2.24, 2.45) is 5.73 Å². The van der Waals surface area contributed by atoms with E-state index in [1.165, 1.54) is 25.0 Å². The Kier molecular flexibility index (Phi) is 3.33. The normalized spacial score (nSPS) is 30.1. The molecule has 3 unspecified atom stereocenters. The molecule has 0 bridgehead atoms. The largest absolute Gasteiger partial charge is 0.373 e. The molecule has 4 heteroatoms. The number of morpholine rings is 1. The predicted molar refractivity (Wildman–Crippen MR) is 67.7 cm³/mol. The highest BCUT2D eigenvalue weighted by Gasteiger charge is 2.34. The molecule has 0 aromatic heterocycles. The molecule has 18 heavy (non-hydrogen) atoms. The zero-order valence-corrected chi connectivity index (χ0v) is 10.4. The van der Waals surface area contributed by atoms with Gasteiger partial charge in [-0.15, -0.1) is 0 Å². The van der Waals surface area contributed by atoms with E-state index in [2.05, 4.69) is 4.90 Å². The van der Waals surface area contributed by atoms with E-state index in [1.54, 1.807) is 12.1 Å². The van der Waals surface area contributed by atoms with E-state index in [4.69, 9.17) is 10.5 Å². The van der Waals surface area contributed by atoms with E-state index in [0.29, 0.717) is 6.04 Å². The van der Waals surface area contributed by atoms with Crippen LogP contribution in [0.15, 0.2) is 24.3 Å². The van der Waals surface area contributed by atoms with Gasteiger partial charge < -0.3 is 10.5 Å². The van der Waals surface area contributed by atoms with Gasteiger partial charge in [-0.1, -0.05) is 12.1 Å². The molecule has 3 nitrogen and oxygen atoms in total. The Morgan fingerprint density at radius 1 is 1.33 bits per heavy atom. The van der Waals surface area contributed by atoms with Gasteiger partial charge in [0, 0.05) is 12.6 Å². The number of nitrogens with zero attached hydrogens (tertiary/aromatic N) is 1. The highest BCUT2D eigenvalue weighted by molar-refractivity contribution is 5.21. The maximum atomic E-state index is 12.9. The maximum Gasteiger partial charge on any atom is 0.123 e. The van der Waals surface area contributed by atoms with Crippen LogP contribution in [-0.2, 0) is 4.74 Å². The van der Waals surface area contributed by atoms with Crippen molar-refractivity contribution in [3.63, 3.8) is 0 Å². The smallest absolute Gasteiger partial charge is 0.123 e. The van der Waals surface area contributed by atoms with Crippen molar-refractivity contribution >= 4 is 0 Å². The van der Waals surface area contributed by atoms with E-state index in [9.17, 15) is 4.39 Å². The summed E-state index contributed by atoms with van der Waals surface area (Å²) in [6.45, 7) is 2.82. The van der Waals surface area contributed by atoms with Crippen LogP contribution < -0.4 is 5.73 Å². The molecule has 2 N–H and O–H groups in total. The minimum Gasteiger partial charge on any atom is -0.373 e. The van der Waals surface area contributed by atoms with Gasteiger partial charge in [0.15, 0.2) is 0 Å². The monoisotopic (exact) mass is 250 g/mol. The van der Waals surface area contributed by atoms with E-state index < -0.39 is 0 Å². The van der Waals surface area contributed by atoms with Crippen LogP contribution in [0.2, 0.25) is 0 Å². The van der Waals surface area contributed by atoms with Gasteiger partial charge in [0.05, 0.1) is 18.8 Å². The zero-order valence-electron chi connectivity index (χ0n) is 10.4. The molecule has 1 aromatic carbocycles. The van der Waals surface area contributed by atoms with Crippen molar-refractivity contribution in [2.45, 2.75) is 31.0 Å². The van der Waals surface area contributed by atoms with Gasteiger partial charge in [-0.2, -0.15) is 0 Å². The topological polar surface area (TPSA) is 38.5 Å². The Balaban J connectivity index is 1.69. The van der Waals surface area contributed by atoms with Crippen LogP contribution >= 0.6 is 0 Å². The Labute approximate surface area is 107 Å². The van der Waals surface area contributed by atoms with Crippen molar-refractivity contribution in [1.29, 1.82) is 0 Å². The minimum atomic E-state index is -0.227. The minimum absolute atomic E-state index is 0.0183. The third kappa shape index (κ3) is 2.28. The molecule has 2 fully saturated rings. The Morgan fingerprint density at radius 2 is 2.11 bits per heavy atom. The molecule has 0 spiro atoms. The third-order valence-corrected chi connectivity index (χ3v) is 4.07. The lowest BCUT2D eigenvalue weighted by atomic mass is 10.0. The van der Waals surface area contributed by atoms with Crippen LogP contribution in [-0.4, -0.2) is 36.7 Å². The Hall–Kier alpha value is -0.970. The summed E-state index contributed by atoms with van der Waals surface area (Å²) in [6, 6.07) is 6.82. The number of fused-ring (bicyclic) bond motifs is 1. The van der Waals surface area contributed by atoms with E-state index >= 15 is 0 Å². The number of nitrogens with two attached hydrogens (primary N) is 1. The van der Waals surface area contributed by atoms with Crippen LogP contribution in [0.5, 0.6) is 0 Å². The summed E-state index contributed by atoms with van der Waals surface area (Å²) >= 11 is 0. The maximum absolute atomic E-state index is 12.9. The molecule has 1 aromatic rings. The fourth-order valence-corrected chi connectivity index (χ4v) is 2.96. The second-order valence-corrected chi connectivity index (χ2v) is 5.24. The molecule has 98 valence electrons. The zero-order chi connectivity index (χ0) is 12.5. The average molecular weight is 250 g/mol. The van der Waals surface area contributed by atoms with Crippen LogP contribution in [0.1, 0.15) is 24.4 Å². The van der Waals surface area contributed by atoms with Crippen molar-refractivity contribution < 1.29 is 9.13 Å². The van der Waals surface area contributed by atoms with Crippen LogP contribution in [0, 0.1) is 5.82 Å². The lowest BCUT2D eigenvalue weighted by Gasteiger charge is -2.37. The van der Waals surface area contributed by atoms with Crippen LogP contribution in [0.4, 0.5) is 4.39 Å². The molecule has 3 rings (SSSR count). The molecule has 3 atom stereocenters. The van der Waals surface area contributed by atoms with E-state index in [0.717, 1.165) is 25.3 Å². The lowest BCUT2D eigenvalue weighted by Crippen LogP contribution is -2.49. The molecule has 2 saturated heterocycles. The number of hydrogen-bond donors (Lipinski definition) is 1. The van der Waals surface area contributed by atoms with E-state index in [1.807, 2.05) is 0 Å². The second-order valence-electron chi connectivity index (χ2n) is 5.24. The summed E-state index contributed by atoms with van der Waals surface area (Å²) < 4.78 is 18.8. The Bertz CT molecular complexity index is 409. The summed E-state index contributed by atoms with van der Waals surface area (Å²) in [5.74, 6) is -0.227. The molecule has 0 saturated carbocycles. The summed E-state index contributed by atoms with van der Waals surface area (Å²) in [7, 11) is 0. The van der Waals surface area contributed by atoms with Crippen LogP contribution in [0.3, 0.4) is 0 Å². The Morgan fingerprint density at radius 3 is 2.89 bits per heavy atom. The summed E-state index contributed by atoms with van der Waals surface area (Å²) in [4.78, 5) is 2.47. The van der Waals surface area contributed by atoms with Crippen molar-refractivity contribution in [3.05, 3.63) is 35.6 Å². The van der Waals surface area contributed by atoms with Crippen LogP contribution in [0.25, 0.3) is 0 Å². The first-order valence-corrected chi connectivity index (χ1v) is 6.61. The molecule has 0 radical (unpaired) electrons. The molecular formula is C14H19FN2O. The van der Waals surface area contributed by atoms with Gasteiger partial charge in [-0.25, -0.2) is 4.39 Å². The number of ether oxygens (including phenoxy) is 1. The van der Waals surface area contributed by atoms with Crippen molar-refractivity contribution in [2.75, 3.05) is 19.7 Å². The highest BCUT2D eigenvalue weighted by Crippen LogP contribution is 2.27. The number of rotatable bonds is 2. The first kappa shape index (κ1) is 12.1. The molecule has 0 aliphatic carbocycles. The summed E-state index contributed by atoms with van der Waals surface area (Å²) in [6.07, 6.45) is 2.51. The molecule has 2 aliphatic heterocycles. The second kappa shape index (κ2) is 4.96. The molecular weight excluding hydrogens is 231 g/mol. The molecule has 0 amide bonds. The quantitative estimate of drug-likeness (QED) is 0.868. The first-order valence-electron chi connectivity index (χ1n) is 6.61. The summed E-state index contributed by atoms with van der Waals surface area (Å²) in [5.41, 5.74) is 7.17. The SMILES string of the molecule is NC(c1ccc(F)cc1)C1CN2CCCC2CO1. The summed E-state index contributed by atoms with van der Waals surface area (Å²) in [5, 5.41) is 0. The fourth-order valence-electron chi connectivity index (χ4n) is 2.96. The fraction of sp³-hybridized carbons (Fsp3) is 0.571. The van der Waals surface area contributed by atoms with Gasteiger partial charge in [-0.05, 0) is 37.1 Å². The highest BCUT2D eigenvalue weighted by atomic mass is 19.1. The molecule has 2 heterocycles. The molecule has 2 aliphatic rings. The van der Waals surface area contributed by atoms with Crippen molar-refractivity contribution in [3.8, 4) is 0 Å². The standard InChI is InChI=1S/C14H19FN2O/c15-11-5-3-10(4-6-11)14(16)13-8-17-7-1-2-12(17)9-18-13/h3-6,12-14H,1-2,7-9,16H2. The van der Waals surface area contributed by atoms with Gasteiger partial charge >= 0.3 is 0 Å². The average Bonchev–Trinajstić information content (AvgIpc) is 2.86. The predicted octanol–water partition coefficient (Wildman–Crippen LogP) is 1.69. The van der Waals surface area contributed by atoms with Gasteiger partial charge in [-0.3, -0.25) is 4.90 Å². The van der Waals surface area contributed by atoms with Gasteiger partial charge in [0.1, 0.15) is 5.82 Å². The van der Waals surface area contributed by atoms with Gasteiger partial charge in [0.25, 0.3) is 0 Å². The number of hydrogen-bond acceptors (Lipinski definition) is 3.